The Hall–Kier alpha value is -1.93. The molecule has 1 aliphatic rings. The highest BCUT2D eigenvalue weighted by atomic mass is 19.4. The molecule has 0 spiro atoms. The summed E-state index contributed by atoms with van der Waals surface area (Å²) in [5.41, 5.74) is -2.23. The minimum atomic E-state index is -4.81. The van der Waals surface area contributed by atoms with Crippen LogP contribution in [0.5, 0.6) is 0 Å². The van der Waals surface area contributed by atoms with Gasteiger partial charge in [0.25, 0.3) is 0 Å². The van der Waals surface area contributed by atoms with Crippen LogP contribution < -0.4 is 5.32 Å². The number of carbonyl (C=O) groups excluding carboxylic acids is 1. The van der Waals surface area contributed by atoms with E-state index in [0.29, 0.717) is 12.1 Å². The normalized spacial score (nSPS) is 22.1. The van der Waals surface area contributed by atoms with Crippen LogP contribution >= 0.6 is 0 Å². The van der Waals surface area contributed by atoms with Crippen molar-refractivity contribution in [3.63, 3.8) is 0 Å². The van der Waals surface area contributed by atoms with Crippen LogP contribution in [-0.4, -0.2) is 18.6 Å². The van der Waals surface area contributed by atoms with E-state index in [0.717, 1.165) is 0 Å². The second kappa shape index (κ2) is 4.57. The van der Waals surface area contributed by atoms with Crippen LogP contribution in [0.1, 0.15) is 17.2 Å². The van der Waals surface area contributed by atoms with Gasteiger partial charge in [0.2, 0.25) is 0 Å². The van der Waals surface area contributed by atoms with Crippen molar-refractivity contribution in [1.29, 1.82) is 0 Å². The topological polar surface area (TPSA) is 38.3 Å². The van der Waals surface area contributed by atoms with E-state index in [9.17, 15) is 31.1 Å². The number of carbonyl (C=O) groups is 1. The third-order valence-corrected chi connectivity index (χ3v) is 2.71. The molecule has 1 aromatic carbocycles. The molecule has 0 unspecified atom stereocenters. The van der Waals surface area contributed by atoms with Crippen LogP contribution in [-0.2, 0) is 10.9 Å². The highest BCUT2D eigenvalue weighted by Crippen LogP contribution is 2.38. The van der Waals surface area contributed by atoms with Gasteiger partial charge in [-0.3, -0.25) is 0 Å². The maximum atomic E-state index is 13.5. The minimum Gasteiger partial charge on any atom is -0.443 e. The number of alkyl halides is 5. The Morgan fingerprint density at radius 3 is 2.55 bits per heavy atom. The fraction of sp³-hybridized carbons (Fsp3) is 0.364. The molecule has 1 amide bonds. The average molecular weight is 299 g/mol. The van der Waals surface area contributed by atoms with E-state index >= 15 is 0 Å². The molecule has 110 valence electrons. The zero-order valence-corrected chi connectivity index (χ0v) is 9.60. The molecule has 1 heterocycles. The summed E-state index contributed by atoms with van der Waals surface area (Å²) in [6.07, 6.45) is -6.06. The van der Waals surface area contributed by atoms with Crippen LogP contribution in [0.3, 0.4) is 0 Å². The van der Waals surface area contributed by atoms with Crippen molar-refractivity contribution in [2.24, 2.45) is 0 Å². The SMILES string of the molecule is O=C1N[C@@H](c2cc(C(F)(F)F)ccc2F)C(F)(F)CO1. The van der Waals surface area contributed by atoms with Gasteiger partial charge < -0.3 is 10.1 Å². The number of amides is 1. The van der Waals surface area contributed by atoms with Crippen molar-refractivity contribution in [3.05, 3.63) is 35.1 Å². The van der Waals surface area contributed by atoms with E-state index in [1.807, 2.05) is 0 Å². The largest absolute Gasteiger partial charge is 0.443 e. The molecule has 1 atom stereocenters. The molecule has 0 bridgehead atoms. The van der Waals surface area contributed by atoms with Gasteiger partial charge in [-0.25, -0.2) is 18.0 Å². The maximum absolute atomic E-state index is 13.5. The highest BCUT2D eigenvalue weighted by molar-refractivity contribution is 5.69. The lowest BCUT2D eigenvalue weighted by molar-refractivity contribution is -0.138. The van der Waals surface area contributed by atoms with Crippen LogP contribution in [0.15, 0.2) is 18.2 Å². The van der Waals surface area contributed by atoms with Crippen molar-refractivity contribution < 1.29 is 35.9 Å². The summed E-state index contributed by atoms with van der Waals surface area (Å²) in [5, 5.41) is 1.62. The molecule has 0 aromatic heterocycles. The molecule has 0 aliphatic carbocycles. The van der Waals surface area contributed by atoms with Gasteiger partial charge in [0.1, 0.15) is 11.9 Å². The highest BCUT2D eigenvalue weighted by Gasteiger charge is 2.48. The number of ether oxygens (including phenoxy) is 1. The van der Waals surface area contributed by atoms with E-state index in [4.69, 9.17) is 0 Å². The number of cyclic esters (lactones) is 1. The fourth-order valence-electron chi connectivity index (χ4n) is 1.76. The van der Waals surface area contributed by atoms with Gasteiger partial charge in [-0.15, -0.1) is 0 Å². The number of nitrogens with one attached hydrogen (secondary N) is 1. The van der Waals surface area contributed by atoms with Crippen molar-refractivity contribution >= 4 is 6.09 Å². The van der Waals surface area contributed by atoms with Gasteiger partial charge in [-0.1, -0.05) is 0 Å². The van der Waals surface area contributed by atoms with E-state index < -0.39 is 47.8 Å². The molecule has 0 radical (unpaired) electrons. The van der Waals surface area contributed by atoms with Gasteiger partial charge in [-0.2, -0.15) is 13.2 Å². The zero-order chi connectivity index (χ0) is 15.1. The van der Waals surface area contributed by atoms with Gasteiger partial charge in [0.15, 0.2) is 6.61 Å². The summed E-state index contributed by atoms with van der Waals surface area (Å²) in [5.74, 6) is -5.00. The summed E-state index contributed by atoms with van der Waals surface area (Å²) >= 11 is 0. The van der Waals surface area contributed by atoms with Gasteiger partial charge >= 0.3 is 18.2 Å². The fourth-order valence-corrected chi connectivity index (χ4v) is 1.76. The molecule has 1 fully saturated rings. The number of hydrogen-bond donors (Lipinski definition) is 1. The zero-order valence-electron chi connectivity index (χ0n) is 9.60. The Labute approximate surface area is 108 Å². The van der Waals surface area contributed by atoms with Crippen LogP contribution in [0.2, 0.25) is 0 Å². The lowest BCUT2D eigenvalue weighted by Gasteiger charge is -2.32. The monoisotopic (exact) mass is 299 g/mol. The third kappa shape index (κ3) is 2.66. The lowest BCUT2D eigenvalue weighted by Crippen LogP contribution is -2.50. The van der Waals surface area contributed by atoms with E-state index in [-0.39, 0.29) is 6.07 Å². The van der Waals surface area contributed by atoms with Crippen molar-refractivity contribution in [2.45, 2.75) is 18.1 Å². The molecule has 9 heteroatoms. The second-order valence-electron chi connectivity index (χ2n) is 4.15. The summed E-state index contributed by atoms with van der Waals surface area (Å²) in [6, 6.07) is -1.11. The average Bonchev–Trinajstić information content (AvgIpc) is 2.32. The standard InChI is InChI=1S/C11H7F6NO2/c12-7-2-1-5(11(15,16)17)3-6(7)8-10(13,14)4-20-9(19)18-8/h1-3,8H,4H2,(H,18,19)/t8-/m0/s1. The Bertz CT molecular complexity index is 542. The molecule has 1 N–H and O–H groups in total. The number of rotatable bonds is 1. The van der Waals surface area contributed by atoms with Gasteiger partial charge in [0.05, 0.1) is 5.56 Å². The molecular weight excluding hydrogens is 292 g/mol. The summed E-state index contributed by atoms with van der Waals surface area (Å²) in [7, 11) is 0. The predicted octanol–water partition coefficient (Wildman–Crippen LogP) is 3.26. The van der Waals surface area contributed by atoms with E-state index in [2.05, 4.69) is 4.74 Å². The number of hydrogen-bond acceptors (Lipinski definition) is 2. The van der Waals surface area contributed by atoms with Crippen molar-refractivity contribution in [2.75, 3.05) is 6.61 Å². The predicted molar refractivity (Wildman–Crippen MR) is 53.6 cm³/mol. The first-order valence-corrected chi connectivity index (χ1v) is 5.29. The molecule has 3 nitrogen and oxygen atoms in total. The van der Waals surface area contributed by atoms with Gasteiger partial charge in [-0.05, 0) is 18.2 Å². The van der Waals surface area contributed by atoms with Gasteiger partial charge in [0, 0.05) is 5.56 Å². The van der Waals surface area contributed by atoms with Crippen molar-refractivity contribution in [1.82, 2.24) is 5.32 Å². The third-order valence-electron chi connectivity index (χ3n) is 2.71. The molecule has 0 saturated carbocycles. The number of benzene rings is 1. The number of alkyl carbamates (subject to hydrolysis) is 1. The summed E-state index contributed by atoms with van der Waals surface area (Å²) in [4.78, 5) is 10.9. The molecule has 1 saturated heterocycles. The molecule has 1 aromatic rings. The second-order valence-corrected chi connectivity index (χ2v) is 4.15. The molecule has 2 rings (SSSR count). The first kappa shape index (κ1) is 14.5. The van der Waals surface area contributed by atoms with Crippen LogP contribution in [0, 0.1) is 5.82 Å². The Balaban J connectivity index is 2.47. The molecule has 1 aliphatic heterocycles. The first-order valence-electron chi connectivity index (χ1n) is 5.29. The Morgan fingerprint density at radius 1 is 1.30 bits per heavy atom. The number of halogens is 6. The van der Waals surface area contributed by atoms with E-state index in [1.54, 1.807) is 5.32 Å². The van der Waals surface area contributed by atoms with Crippen LogP contribution in [0.4, 0.5) is 31.1 Å². The minimum absolute atomic E-state index is 0.250. The first-order chi connectivity index (χ1) is 9.11. The Kier molecular flexibility index (Phi) is 3.31. The molecule has 20 heavy (non-hydrogen) atoms. The Morgan fingerprint density at radius 2 is 1.95 bits per heavy atom. The summed E-state index contributed by atoms with van der Waals surface area (Å²) in [6.45, 7) is -1.33. The van der Waals surface area contributed by atoms with E-state index in [1.165, 1.54) is 0 Å². The lowest BCUT2D eigenvalue weighted by atomic mass is 9.97. The van der Waals surface area contributed by atoms with Crippen LogP contribution in [0.25, 0.3) is 0 Å². The summed E-state index contributed by atoms with van der Waals surface area (Å²) < 4.78 is 82.2. The van der Waals surface area contributed by atoms with Crippen molar-refractivity contribution in [3.8, 4) is 0 Å². The molecular formula is C11H7F6NO2. The maximum Gasteiger partial charge on any atom is 0.416 e. The quantitative estimate of drug-likeness (QED) is 0.808. The smallest absolute Gasteiger partial charge is 0.416 e.